The zero-order valence-corrected chi connectivity index (χ0v) is 11.9. The molecule has 5 nitrogen and oxygen atoms in total. The van der Waals surface area contributed by atoms with Crippen molar-refractivity contribution < 1.29 is 13.9 Å². The number of pyridine rings is 1. The third-order valence-corrected chi connectivity index (χ3v) is 3.20. The van der Waals surface area contributed by atoms with Gasteiger partial charge in [0.05, 0.1) is 11.1 Å². The fourth-order valence-electron chi connectivity index (χ4n) is 2.22. The van der Waals surface area contributed by atoms with E-state index in [9.17, 15) is 4.79 Å². The highest BCUT2D eigenvalue weighted by molar-refractivity contribution is 6.04. The lowest BCUT2D eigenvalue weighted by Crippen LogP contribution is -2.07. The Morgan fingerprint density at radius 1 is 1.32 bits per heavy atom. The molecule has 108 valence electrons. The highest BCUT2D eigenvalue weighted by Gasteiger charge is 2.16. The molecule has 0 aliphatic heterocycles. The van der Waals surface area contributed by atoms with Crippen molar-refractivity contribution in [2.24, 2.45) is 0 Å². The molecule has 0 atom stereocenters. The Morgan fingerprint density at radius 3 is 2.86 bits per heavy atom. The summed E-state index contributed by atoms with van der Waals surface area (Å²) in [5.41, 5.74) is 1.58. The van der Waals surface area contributed by atoms with Crippen LogP contribution in [0.1, 0.15) is 16.1 Å². The van der Waals surface area contributed by atoms with Crippen molar-refractivity contribution in [2.75, 3.05) is 6.61 Å². The van der Waals surface area contributed by atoms with Gasteiger partial charge in [-0.3, -0.25) is 0 Å². The predicted octanol–water partition coefficient (Wildman–Crippen LogP) is 3.48. The van der Waals surface area contributed by atoms with Crippen molar-refractivity contribution in [3.05, 3.63) is 53.8 Å². The number of hydrogen-bond donors (Lipinski definition) is 0. The van der Waals surface area contributed by atoms with Crippen LogP contribution in [-0.4, -0.2) is 17.6 Å². The van der Waals surface area contributed by atoms with E-state index in [0.717, 1.165) is 5.76 Å². The fraction of sp³-hybridized carbons (Fsp3) is 0.118. The van der Waals surface area contributed by atoms with Gasteiger partial charge in [-0.05, 0) is 31.2 Å². The number of aryl methyl sites for hydroxylation is 1. The third kappa shape index (κ3) is 2.54. The zero-order chi connectivity index (χ0) is 15.5. The lowest BCUT2D eigenvalue weighted by Gasteiger charge is -2.07. The summed E-state index contributed by atoms with van der Waals surface area (Å²) in [5, 5.41) is 9.23. The van der Waals surface area contributed by atoms with Crippen molar-refractivity contribution in [1.82, 2.24) is 4.98 Å². The van der Waals surface area contributed by atoms with Crippen molar-refractivity contribution in [3.8, 4) is 17.5 Å². The Labute approximate surface area is 126 Å². The first kappa shape index (κ1) is 13.8. The molecule has 0 N–H and O–H groups in total. The molecular weight excluding hydrogens is 280 g/mol. The van der Waals surface area contributed by atoms with E-state index in [-0.39, 0.29) is 6.61 Å². The first-order valence-corrected chi connectivity index (χ1v) is 6.69. The summed E-state index contributed by atoms with van der Waals surface area (Å²) < 4.78 is 10.5. The highest BCUT2D eigenvalue weighted by atomic mass is 16.5. The number of ether oxygens (including phenoxy) is 1. The summed E-state index contributed by atoms with van der Waals surface area (Å²) >= 11 is 0. The van der Waals surface area contributed by atoms with Gasteiger partial charge in [-0.1, -0.05) is 18.2 Å². The lowest BCUT2D eigenvalue weighted by molar-refractivity contribution is 0.0557. The number of rotatable bonds is 3. The van der Waals surface area contributed by atoms with Gasteiger partial charge in [0.25, 0.3) is 0 Å². The SMILES string of the molecule is Cc1ccc(-c2cc(C(=O)OCC#N)c3ccccc3n2)o1. The topological polar surface area (TPSA) is 76.1 Å². The summed E-state index contributed by atoms with van der Waals surface area (Å²) in [6, 6.07) is 14.3. The minimum absolute atomic E-state index is 0.287. The monoisotopic (exact) mass is 292 g/mol. The number of hydrogen-bond acceptors (Lipinski definition) is 5. The summed E-state index contributed by atoms with van der Waals surface area (Å²) in [6.45, 7) is 1.55. The second-order valence-corrected chi connectivity index (χ2v) is 4.72. The molecule has 0 saturated carbocycles. The molecule has 0 radical (unpaired) electrons. The van der Waals surface area contributed by atoms with Crippen molar-refractivity contribution in [2.45, 2.75) is 6.92 Å². The number of benzene rings is 1. The van der Waals surface area contributed by atoms with E-state index in [1.54, 1.807) is 24.3 Å². The minimum atomic E-state index is -0.551. The van der Waals surface area contributed by atoms with E-state index in [4.69, 9.17) is 14.4 Å². The molecule has 2 heterocycles. The van der Waals surface area contributed by atoms with E-state index < -0.39 is 5.97 Å². The van der Waals surface area contributed by atoms with Crippen LogP contribution in [0.2, 0.25) is 0 Å². The van der Waals surface area contributed by atoms with Crippen LogP contribution in [0.5, 0.6) is 0 Å². The summed E-state index contributed by atoms with van der Waals surface area (Å²) in [4.78, 5) is 16.7. The molecule has 0 spiro atoms. The number of nitriles is 1. The molecule has 22 heavy (non-hydrogen) atoms. The number of aromatic nitrogens is 1. The fourth-order valence-corrected chi connectivity index (χ4v) is 2.22. The molecule has 0 saturated heterocycles. The van der Waals surface area contributed by atoms with Gasteiger partial charge in [0.2, 0.25) is 0 Å². The molecule has 2 aromatic heterocycles. The quantitative estimate of drug-likeness (QED) is 0.691. The molecule has 0 amide bonds. The molecule has 3 rings (SSSR count). The molecule has 0 aliphatic carbocycles. The standard InChI is InChI=1S/C17H12N2O3/c1-11-6-7-16(22-11)15-10-13(17(20)21-9-8-18)12-4-2-3-5-14(12)19-15/h2-7,10H,9H2,1H3. The van der Waals surface area contributed by atoms with Gasteiger partial charge in [-0.15, -0.1) is 0 Å². The Balaban J connectivity index is 2.16. The predicted molar refractivity (Wildman–Crippen MR) is 80.1 cm³/mol. The minimum Gasteiger partial charge on any atom is -0.460 e. The summed E-state index contributed by atoms with van der Waals surface area (Å²) in [5.74, 6) is 0.792. The smallest absolute Gasteiger partial charge is 0.339 e. The van der Waals surface area contributed by atoms with Crippen LogP contribution in [-0.2, 0) is 4.74 Å². The first-order valence-electron chi connectivity index (χ1n) is 6.69. The van der Waals surface area contributed by atoms with Gasteiger partial charge in [0.1, 0.15) is 17.5 Å². The largest absolute Gasteiger partial charge is 0.460 e. The van der Waals surface area contributed by atoms with E-state index in [2.05, 4.69) is 4.98 Å². The number of esters is 1. The lowest BCUT2D eigenvalue weighted by atomic mass is 10.1. The normalized spacial score (nSPS) is 10.4. The van der Waals surface area contributed by atoms with Crippen LogP contribution < -0.4 is 0 Å². The van der Waals surface area contributed by atoms with Crippen LogP contribution in [0.25, 0.3) is 22.4 Å². The number of nitrogens with zero attached hydrogens (tertiary/aromatic N) is 2. The molecule has 1 aromatic carbocycles. The number of carbonyl (C=O) groups is 1. The maximum atomic E-state index is 12.2. The van der Waals surface area contributed by atoms with Crippen LogP contribution >= 0.6 is 0 Å². The van der Waals surface area contributed by atoms with Gasteiger partial charge >= 0.3 is 5.97 Å². The summed E-state index contributed by atoms with van der Waals surface area (Å²) in [6.07, 6.45) is 0. The van der Waals surface area contributed by atoms with Gasteiger partial charge < -0.3 is 9.15 Å². The Bertz CT molecular complexity index is 890. The van der Waals surface area contributed by atoms with Crippen molar-refractivity contribution >= 4 is 16.9 Å². The molecule has 0 aliphatic rings. The van der Waals surface area contributed by atoms with Gasteiger partial charge in [-0.2, -0.15) is 5.26 Å². The third-order valence-electron chi connectivity index (χ3n) is 3.20. The van der Waals surface area contributed by atoms with Crippen LogP contribution in [0.4, 0.5) is 0 Å². The van der Waals surface area contributed by atoms with Gasteiger partial charge in [-0.25, -0.2) is 9.78 Å². The van der Waals surface area contributed by atoms with Gasteiger partial charge in [0, 0.05) is 5.39 Å². The number of carbonyl (C=O) groups excluding carboxylic acids is 1. The number of para-hydroxylation sites is 1. The van der Waals surface area contributed by atoms with E-state index >= 15 is 0 Å². The Kier molecular flexibility index (Phi) is 3.58. The Hall–Kier alpha value is -3.13. The second kappa shape index (κ2) is 5.70. The van der Waals surface area contributed by atoms with Crippen LogP contribution in [0.15, 0.2) is 46.9 Å². The van der Waals surface area contributed by atoms with E-state index in [1.807, 2.05) is 31.2 Å². The molecule has 0 unspecified atom stereocenters. The molecule has 5 heteroatoms. The van der Waals surface area contributed by atoms with E-state index in [1.165, 1.54) is 0 Å². The number of fused-ring (bicyclic) bond motifs is 1. The maximum Gasteiger partial charge on any atom is 0.339 e. The van der Waals surface area contributed by atoms with Gasteiger partial charge in [0.15, 0.2) is 12.4 Å². The van der Waals surface area contributed by atoms with E-state index in [0.29, 0.717) is 27.9 Å². The number of furan rings is 1. The average molecular weight is 292 g/mol. The first-order chi connectivity index (χ1) is 10.7. The highest BCUT2D eigenvalue weighted by Crippen LogP contribution is 2.26. The molecule has 0 fully saturated rings. The molecule has 0 bridgehead atoms. The molecular formula is C17H12N2O3. The van der Waals surface area contributed by atoms with Crippen LogP contribution in [0, 0.1) is 18.3 Å². The average Bonchev–Trinajstić information content (AvgIpc) is 2.98. The molecule has 3 aromatic rings. The van der Waals surface area contributed by atoms with Crippen molar-refractivity contribution in [1.29, 1.82) is 5.26 Å². The maximum absolute atomic E-state index is 12.2. The van der Waals surface area contributed by atoms with Crippen molar-refractivity contribution in [3.63, 3.8) is 0 Å². The second-order valence-electron chi connectivity index (χ2n) is 4.72. The summed E-state index contributed by atoms with van der Waals surface area (Å²) in [7, 11) is 0. The Morgan fingerprint density at radius 2 is 2.14 bits per heavy atom. The zero-order valence-electron chi connectivity index (χ0n) is 11.9. The van der Waals surface area contributed by atoms with Crippen LogP contribution in [0.3, 0.4) is 0 Å².